The molecule has 1 N–H and O–H groups in total. The van der Waals surface area contributed by atoms with E-state index in [0.717, 1.165) is 28.6 Å². The minimum absolute atomic E-state index is 0. The Morgan fingerprint density at radius 3 is 2.76 bits per heavy atom. The van der Waals surface area contributed by atoms with Crippen LogP contribution in [0.1, 0.15) is 16.8 Å². The van der Waals surface area contributed by atoms with Crippen molar-refractivity contribution in [2.24, 2.45) is 0 Å². The van der Waals surface area contributed by atoms with Crippen LogP contribution >= 0.6 is 35.0 Å². The number of nitrogens with zero attached hydrogens (tertiary/aromatic N) is 1. The van der Waals surface area contributed by atoms with Crippen LogP contribution in [-0.2, 0) is 0 Å². The Balaban J connectivity index is 0.00000144. The van der Waals surface area contributed by atoms with Crippen molar-refractivity contribution in [3.05, 3.63) is 33.4 Å². The zero-order chi connectivity index (χ0) is 11.5. The molecule has 0 saturated carbocycles. The summed E-state index contributed by atoms with van der Waals surface area (Å²) in [6.45, 7) is 1.68. The lowest BCUT2D eigenvalue weighted by molar-refractivity contribution is 0.0788. The van der Waals surface area contributed by atoms with E-state index in [4.69, 9.17) is 0 Å². The Hall–Kier alpha value is -0.330. The Kier molecular flexibility index (Phi) is 5.69. The Morgan fingerprint density at radius 2 is 2.18 bits per heavy atom. The van der Waals surface area contributed by atoms with Crippen molar-refractivity contribution in [1.82, 2.24) is 10.2 Å². The van der Waals surface area contributed by atoms with E-state index in [-0.39, 0.29) is 18.3 Å². The van der Waals surface area contributed by atoms with Crippen molar-refractivity contribution in [2.75, 3.05) is 20.1 Å². The second-order valence-electron chi connectivity index (χ2n) is 4.01. The number of nitrogens with one attached hydrogen (secondary N) is 1. The number of carbonyl (C=O) groups excluding carboxylic acids is 1. The molecule has 0 aliphatic carbocycles. The number of likely N-dealkylation sites (N-methyl/N-ethyl adjacent to an activating group) is 1. The van der Waals surface area contributed by atoms with Crippen molar-refractivity contribution in [2.45, 2.75) is 12.5 Å². The van der Waals surface area contributed by atoms with Gasteiger partial charge >= 0.3 is 0 Å². The summed E-state index contributed by atoms with van der Waals surface area (Å²) in [7, 11) is 1.95. The van der Waals surface area contributed by atoms with Gasteiger partial charge in [0.25, 0.3) is 5.91 Å². The highest BCUT2D eigenvalue weighted by Crippen LogP contribution is 2.17. The fourth-order valence-electron chi connectivity index (χ4n) is 1.99. The molecule has 1 aliphatic heterocycles. The molecule has 94 valence electrons. The van der Waals surface area contributed by atoms with Crippen LogP contribution in [0.4, 0.5) is 0 Å². The number of amides is 1. The minimum Gasteiger partial charge on any atom is -0.337 e. The fraction of sp³-hybridized carbons (Fsp3) is 0.417. The van der Waals surface area contributed by atoms with E-state index in [1.54, 1.807) is 0 Å². The number of hydrogen-bond donors (Lipinski definition) is 1. The molecule has 2 rings (SSSR count). The first-order valence-corrected chi connectivity index (χ1v) is 6.51. The van der Waals surface area contributed by atoms with Gasteiger partial charge in [0.15, 0.2) is 0 Å². The molecular weight excluding hydrogens is 351 g/mol. The normalized spacial score (nSPS) is 18.9. The highest BCUT2D eigenvalue weighted by molar-refractivity contribution is 14.1. The molecule has 5 heteroatoms. The molecule has 0 bridgehead atoms. The Bertz CT molecular complexity index is 400. The topological polar surface area (TPSA) is 32.3 Å². The summed E-state index contributed by atoms with van der Waals surface area (Å²) in [6, 6.07) is 8.20. The van der Waals surface area contributed by atoms with E-state index in [1.807, 2.05) is 36.2 Å². The van der Waals surface area contributed by atoms with Gasteiger partial charge < -0.3 is 10.2 Å². The summed E-state index contributed by atoms with van der Waals surface area (Å²) >= 11 is 2.21. The summed E-state index contributed by atoms with van der Waals surface area (Å²) in [4.78, 5) is 14.2. The van der Waals surface area contributed by atoms with Gasteiger partial charge in [-0.25, -0.2) is 0 Å². The zero-order valence-corrected chi connectivity index (χ0v) is 12.6. The van der Waals surface area contributed by atoms with Crippen LogP contribution < -0.4 is 5.32 Å². The summed E-state index contributed by atoms with van der Waals surface area (Å²) in [6.07, 6.45) is 1.05. The predicted octanol–water partition coefficient (Wildman–Crippen LogP) is 2.15. The standard InChI is InChI=1S/C12H15IN2O.ClH/c1-14-9-6-7-15(8-9)12(16)10-4-2-3-5-11(10)13;/h2-5,9,14H,6-8H2,1H3;1H. The van der Waals surface area contributed by atoms with Gasteiger partial charge in [-0.3, -0.25) is 4.79 Å². The third-order valence-corrected chi connectivity index (χ3v) is 3.93. The van der Waals surface area contributed by atoms with Crippen LogP contribution in [0.25, 0.3) is 0 Å². The highest BCUT2D eigenvalue weighted by Gasteiger charge is 2.26. The molecule has 1 aromatic carbocycles. The quantitative estimate of drug-likeness (QED) is 0.814. The number of halogens is 2. The van der Waals surface area contributed by atoms with E-state index >= 15 is 0 Å². The molecule has 1 heterocycles. The van der Waals surface area contributed by atoms with E-state index in [9.17, 15) is 4.79 Å². The molecular formula is C12H16ClIN2O. The van der Waals surface area contributed by atoms with Crippen molar-refractivity contribution >= 4 is 40.9 Å². The Labute approximate surface area is 122 Å². The molecule has 1 fully saturated rings. The lowest BCUT2D eigenvalue weighted by atomic mass is 10.2. The van der Waals surface area contributed by atoms with Crippen molar-refractivity contribution < 1.29 is 4.79 Å². The number of likely N-dealkylation sites (tertiary alicyclic amines) is 1. The Morgan fingerprint density at radius 1 is 1.47 bits per heavy atom. The summed E-state index contributed by atoms with van der Waals surface area (Å²) in [5, 5.41) is 3.22. The lowest BCUT2D eigenvalue weighted by Gasteiger charge is -2.17. The molecule has 1 saturated heterocycles. The molecule has 1 aliphatic rings. The van der Waals surface area contributed by atoms with Crippen LogP contribution in [0.3, 0.4) is 0 Å². The van der Waals surface area contributed by atoms with Gasteiger partial charge in [0.2, 0.25) is 0 Å². The van der Waals surface area contributed by atoms with E-state index in [1.165, 1.54) is 0 Å². The summed E-state index contributed by atoms with van der Waals surface area (Å²) in [5.41, 5.74) is 0.819. The van der Waals surface area contributed by atoms with Crippen LogP contribution in [0.5, 0.6) is 0 Å². The van der Waals surface area contributed by atoms with Gasteiger partial charge in [0.1, 0.15) is 0 Å². The second kappa shape index (κ2) is 6.56. The van der Waals surface area contributed by atoms with Crippen molar-refractivity contribution in [3.63, 3.8) is 0 Å². The van der Waals surface area contributed by atoms with Crippen LogP contribution in [0.15, 0.2) is 24.3 Å². The number of carbonyl (C=O) groups is 1. The molecule has 1 aromatic rings. The smallest absolute Gasteiger partial charge is 0.254 e. The molecule has 1 amide bonds. The first-order valence-electron chi connectivity index (χ1n) is 5.43. The van der Waals surface area contributed by atoms with Gasteiger partial charge in [-0.2, -0.15) is 0 Å². The van der Waals surface area contributed by atoms with Gasteiger partial charge in [-0.15, -0.1) is 12.4 Å². The number of rotatable bonds is 2. The third kappa shape index (κ3) is 3.33. The molecule has 1 unspecified atom stereocenters. The number of hydrogen-bond acceptors (Lipinski definition) is 2. The van der Waals surface area contributed by atoms with E-state index in [2.05, 4.69) is 27.9 Å². The SMILES string of the molecule is CNC1CCN(C(=O)c2ccccc2I)C1.Cl. The average Bonchev–Trinajstić information content (AvgIpc) is 2.77. The van der Waals surface area contributed by atoms with Crippen molar-refractivity contribution in [3.8, 4) is 0 Å². The fourth-order valence-corrected chi connectivity index (χ4v) is 2.60. The van der Waals surface area contributed by atoms with Crippen LogP contribution in [-0.4, -0.2) is 37.0 Å². The summed E-state index contributed by atoms with van der Waals surface area (Å²) in [5.74, 6) is 0.155. The zero-order valence-electron chi connectivity index (χ0n) is 9.65. The van der Waals surface area contributed by atoms with Crippen molar-refractivity contribution in [1.29, 1.82) is 0 Å². The first kappa shape index (κ1) is 14.7. The third-order valence-electron chi connectivity index (χ3n) is 2.99. The minimum atomic E-state index is 0. The molecule has 3 nitrogen and oxygen atoms in total. The predicted molar refractivity (Wildman–Crippen MR) is 79.8 cm³/mol. The van der Waals surface area contributed by atoms with E-state index in [0.29, 0.717) is 6.04 Å². The lowest BCUT2D eigenvalue weighted by Crippen LogP contribution is -2.33. The average molecular weight is 367 g/mol. The molecule has 17 heavy (non-hydrogen) atoms. The van der Waals surface area contributed by atoms with Gasteiger partial charge in [-0.05, 0) is 48.2 Å². The maximum Gasteiger partial charge on any atom is 0.254 e. The maximum absolute atomic E-state index is 12.2. The van der Waals surface area contributed by atoms with Gasteiger partial charge in [0, 0.05) is 22.7 Å². The van der Waals surface area contributed by atoms with Crippen LogP contribution in [0.2, 0.25) is 0 Å². The molecule has 0 radical (unpaired) electrons. The maximum atomic E-state index is 12.2. The summed E-state index contributed by atoms with van der Waals surface area (Å²) < 4.78 is 1.03. The molecule has 1 atom stereocenters. The van der Waals surface area contributed by atoms with Gasteiger partial charge in [0.05, 0.1) is 5.56 Å². The molecule has 0 spiro atoms. The highest BCUT2D eigenvalue weighted by atomic mass is 127. The largest absolute Gasteiger partial charge is 0.337 e. The van der Waals surface area contributed by atoms with Crippen LogP contribution in [0, 0.1) is 3.57 Å². The van der Waals surface area contributed by atoms with Gasteiger partial charge in [-0.1, -0.05) is 12.1 Å². The monoisotopic (exact) mass is 366 g/mol. The number of benzene rings is 1. The first-order chi connectivity index (χ1) is 7.72. The van der Waals surface area contributed by atoms with E-state index < -0.39 is 0 Å². The second-order valence-corrected chi connectivity index (χ2v) is 5.17. The molecule has 0 aromatic heterocycles.